The normalized spacial score (nSPS) is 24.4. The Balaban J connectivity index is 0.00000225. The first-order chi connectivity index (χ1) is 11.4. The molecule has 140 valence electrons. The van der Waals surface area contributed by atoms with Gasteiger partial charge in [0, 0.05) is 25.0 Å². The van der Waals surface area contributed by atoms with Crippen LogP contribution in [0, 0.1) is 0 Å². The van der Waals surface area contributed by atoms with Gasteiger partial charge in [0.05, 0.1) is 5.56 Å². The second-order valence-corrected chi connectivity index (χ2v) is 6.90. The van der Waals surface area contributed by atoms with Gasteiger partial charge in [-0.1, -0.05) is 19.1 Å². The number of halogens is 4. The van der Waals surface area contributed by atoms with Crippen molar-refractivity contribution in [3.63, 3.8) is 0 Å². The molecule has 0 saturated carbocycles. The highest BCUT2D eigenvalue weighted by Crippen LogP contribution is 2.32. The number of carbonyl (C=O) groups excluding carboxylic acids is 1. The lowest BCUT2D eigenvalue weighted by atomic mass is 9.95. The minimum absolute atomic E-state index is 0. The van der Waals surface area contributed by atoms with Crippen molar-refractivity contribution >= 4 is 18.3 Å². The largest absolute Gasteiger partial charge is 0.416 e. The molecule has 0 radical (unpaired) electrons. The van der Waals surface area contributed by atoms with Crippen LogP contribution in [0.3, 0.4) is 0 Å². The summed E-state index contributed by atoms with van der Waals surface area (Å²) in [6.07, 6.45) is -0.893. The summed E-state index contributed by atoms with van der Waals surface area (Å²) < 4.78 is 37.9. The summed E-state index contributed by atoms with van der Waals surface area (Å²) in [5, 5.41) is 3.37. The molecular formula is C18H24ClF3N2O. The number of amides is 1. The Morgan fingerprint density at radius 3 is 2.48 bits per heavy atom. The van der Waals surface area contributed by atoms with Crippen LogP contribution in [0.1, 0.15) is 49.7 Å². The Bertz CT molecular complexity index is 577. The molecule has 0 aromatic heterocycles. The van der Waals surface area contributed by atoms with Crippen LogP contribution in [-0.2, 0) is 11.0 Å². The lowest BCUT2D eigenvalue weighted by Crippen LogP contribution is -2.42. The topological polar surface area (TPSA) is 32.3 Å². The number of nitrogens with zero attached hydrogens (tertiary/aromatic N) is 1. The summed E-state index contributed by atoms with van der Waals surface area (Å²) in [7, 11) is 0. The molecule has 1 amide bonds. The van der Waals surface area contributed by atoms with Gasteiger partial charge in [-0.15, -0.1) is 12.4 Å². The zero-order valence-electron chi connectivity index (χ0n) is 14.2. The van der Waals surface area contributed by atoms with Crippen LogP contribution in [0.25, 0.3) is 0 Å². The van der Waals surface area contributed by atoms with Gasteiger partial charge in [-0.3, -0.25) is 4.79 Å². The third kappa shape index (κ3) is 4.47. The van der Waals surface area contributed by atoms with Crippen LogP contribution in [-0.4, -0.2) is 36.0 Å². The van der Waals surface area contributed by atoms with E-state index < -0.39 is 11.7 Å². The summed E-state index contributed by atoms with van der Waals surface area (Å²) >= 11 is 0. The molecule has 3 nitrogen and oxygen atoms in total. The van der Waals surface area contributed by atoms with Crippen LogP contribution in [0.5, 0.6) is 0 Å². The smallest absolute Gasteiger partial charge is 0.335 e. The van der Waals surface area contributed by atoms with E-state index in [0.717, 1.165) is 50.0 Å². The number of benzene rings is 1. The predicted octanol–water partition coefficient (Wildman–Crippen LogP) is 3.97. The van der Waals surface area contributed by atoms with E-state index in [0.29, 0.717) is 12.5 Å². The lowest BCUT2D eigenvalue weighted by Gasteiger charge is -2.29. The van der Waals surface area contributed by atoms with Crippen LogP contribution in [0.2, 0.25) is 0 Å². The summed E-state index contributed by atoms with van der Waals surface area (Å²) in [4.78, 5) is 14.8. The summed E-state index contributed by atoms with van der Waals surface area (Å²) in [5.41, 5.74) is 0.123. The molecule has 2 aliphatic heterocycles. The molecule has 3 rings (SSSR count). The monoisotopic (exact) mass is 376 g/mol. The summed E-state index contributed by atoms with van der Waals surface area (Å²) in [5.74, 6) is 0.0361. The number of hydrogen-bond acceptors (Lipinski definition) is 2. The highest BCUT2D eigenvalue weighted by atomic mass is 35.5. The Labute approximate surface area is 152 Å². The van der Waals surface area contributed by atoms with E-state index in [2.05, 4.69) is 5.32 Å². The first-order valence-electron chi connectivity index (χ1n) is 8.55. The average molecular weight is 377 g/mol. The van der Waals surface area contributed by atoms with Crippen molar-refractivity contribution < 1.29 is 18.0 Å². The van der Waals surface area contributed by atoms with Gasteiger partial charge in [-0.05, 0) is 49.4 Å². The van der Waals surface area contributed by atoms with Gasteiger partial charge in [0.1, 0.15) is 0 Å². The molecule has 1 N–H and O–H groups in total. The molecule has 0 spiro atoms. The highest BCUT2D eigenvalue weighted by molar-refractivity contribution is 5.85. The number of carbonyl (C=O) groups is 1. The molecule has 2 aliphatic rings. The summed E-state index contributed by atoms with van der Waals surface area (Å²) in [6, 6.07) is 5.74. The fraction of sp³-hybridized carbons (Fsp3) is 0.611. The molecule has 7 heteroatoms. The van der Waals surface area contributed by atoms with E-state index in [1.54, 1.807) is 0 Å². The van der Waals surface area contributed by atoms with Crippen molar-refractivity contribution in [2.75, 3.05) is 13.1 Å². The molecule has 1 aromatic carbocycles. The first-order valence-corrected chi connectivity index (χ1v) is 8.55. The quantitative estimate of drug-likeness (QED) is 0.865. The Morgan fingerprint density at radius 2 is 1.84 bits per heavy atom. The van der Waals surface area contributed by atoms with Gasteiger partial charge in [0.25, 0.3) is 0 Å². The minimum atomic E-state index is -4.32. The molecule has 2 bridgehead atoms. The van der Waals surface area contributed by atoms with Crippen molar-refractivity contribution in [2.45, 2.75) is 56.8 Å². The highest BCUT2D eigenvalue weighted by Gasteiger charge is 2.38. The number of fused-ring (bicyclic) bond motifs is 2. The molecule has 25 heavy (non-hydrogen) atoms. The van der Waals surface area contributed by atoms with Crippen LogP contribution in [0.15, 0.2) is 24.3 Å². The van der Waals surface area contributed by atoms with E-state index in [9.17, 15) is 18.0 Å². The third-order valence-electron chi connectivity index (χ3n) is 5.23. The second-order valence-electron chi connectivity index (χ2n) is 6.90. The first kappa shape index (κ1) is 20.0. The fourth-order valence-corrected chi connectivity index (χ4v) is 3.88. The molecule has 3 atom stereocenters. The van der Waals surface area contributed by atoms with E-state index in [4.69, 9.17) is 0 Å². The molecule has 3 unspecified atom stereocenters. The number of hydrogen-bond donors (Lipinski definition) is 1. The number of nitrogens with one attached hydrogen (secondary N) is 1. The van der Waals surface area contributed by atoms with Crippen molar-refractivity contribution in [3.05, 3.63) is 35.4 Å². The van der Waals surface area contributed by atoms with Gasteiger partial charge in [0.15, 0.2) is 0 Å². The Kier molecular flexibility index (Phi) is 6.38. The SMILES string of the molecule is CC(CC(=O)N1C2CCNCC1CC2)c1ccc(C(F)(F)F)cc1.Cl. The van der Waals surface area contributed by atoms with Crippen LogP contribution < -0.4 is 5.32 Å². The number of alkyl halides is 3. The molecule has 1 aromatic rings. The Hall–Kier alpha value is -1.27. The molecular weight excluding hydrogens is 353 g/mol. The molecule has 2 heterocycles. The van der Waals surface area contributed by atoms with E-state index >= 15 is 0 Å². The van der Waals surface area contributed by atoms with Crippen LogP contribution in [0.4, 0.5) is 13.2 Å². The summed E-state index contributed by atoms with van der Waals surface area (Å²) in [6.45, 7) is 3.69. The van der Waals surface area contributed by atoms with E-state index in [-0.39, 0.29) is 30.3 Å². The Morgan fingerprint density at radius 1 is 1.20 bits per heavy atom. The van der Waals surface area contributed by atoms with Crippen molar-refractivity contribution in [2.24, 2.45) is 0 Å². The van der Waals surface area contributed by atoms with Crippen molar-refractivity contribution in [1.29, 1.82) is 0 Å². The average Bonchev–Trinajstić information content (AvgIpc) is 2.79. The van der Waals surface area contributed by atoms with Gasteiger partial charge in [-0.2, -0.15) is 13.2 Å². The minimum Gasteiger partial charge on any atom is -0.335 e. The zero-order valence-corrected chi connectivity index (χ0v) is 15.0. The molecule has 2 saturated heterocycles. The van der Waals surface area contributed by atoms with Crippen LogP contribution >= 0.6 is 12.4 Å². The molecule has 0 aliphatic carbocycles. The number of rotatable bonds is 3. The molecule has 2 fully saturated rings. The van der Waals surface area contributed by atoms with E-state index in [1.165, 1.54) is 12.1 Å². The van der Waals surface area contributed by atoms with Crippen molar-refractivity contribution in [3.8, 4) is 0 Å². The maximum Gasteiger partial charge on any atom is 0.416 e. The maximum atomic E-state index is 12.7. The second kappa shape index (κ2) is 7.96. The van der Waals surface area contributed by atoms with Gasteiger partial charge in [0.2, 0.25) is 5.91 Å². The lowest BCUT2D eigenvalue weighted by molar-refractivity contribution is -0.137. The predicted molar refractivity (Wildman–Crippen MR) is 92.9 cm³/mol. The zero-order chi connectivity index (χ0) is 17.3. The van der Waals surface area contributed by atoms with Gasteiger partial charge >= 0.3 is 6.18 Å². The standard InChI is InChI=1S/C18H23F3N2O.ClH/c1-12(13-2-4-14(5-3-13)18(19,20)21)10-17(24)23-15-6-7-16(23)11-22-9-8-15;/h2-5,12,15-16,22H,6-11H2,1H3;1H. The van der Waals surface area contributed by atoms with Gasteiger partial charge in [-0.25, -0.2) is 0 Å². The maximum absolute atomic E-state index is 12.7. The van der Waals surface area contributed by atoms with Crippen molar-refractivity contribution in [1.82, 2.24) is 10.2 Å². The fourth-order valence-electron chi connectivity index (χ4n) is 3.88. The van der Waals surface area contributed by atoms with E-state index in [1.807, 2.05) is 11.8 Å². The third-order valence-corrected chi connectivity index (χ3v) is 5.23. The van der Waals surface area contributed by atoms with Gasteiger partial charge < -0.3 is 10.2 Å².